The van der Waals surface area contributed by atoms with Crippen molar-refractivity contribution in [3.8, 4) is 17.1 Å². The van der Waals surface area contributed by atoms with Crippen molar-refractivity contribution >= 4 is 65.2 Å². The molecule has 0 spiro atoms. The van der Waals surface area contributed by atoms with Crippen LogP contribution in [0.5, 0.6) is 0 Å². The Morgan fingerprint density at radius 2 is 1.10 bits per heavy atom. The molecular formula is C38H23N3. The van der Waals surface area contributed by atoms with Gasteiger partial charge in [-0.2, -0.15) is 0 Å². The number of rotatable bonds is 2. The SMILES string of the molecule is c1ccc(-n2c(-c3cc4c5ccccc5c5nc6ccccc6cc5c4c4ccccc34)nc3ccccc32)cc1. The molecule has 190 valence electrons. The zero-order valence-electron chi connectivity index (χ0n) is 22.1. The van der Waals surface area contributed by atoms with Crippen molar-refractivity contribution in [2.75, 3.05) is 0 Å². The van der Waals surface area contributed by atoms with Crippen molar-refractivity contribution in [2.24, 2.45) is 0 Å². The van der Waals surface area contributed by atoms with E-state index in [-0.39, 0.29) is 0 Å². The molecule has 3 heteroatoms. The van der Waals surface area contributed by atoms with Crippen LogP contribution < -0.4 is 0 Å². The minimum Gasteiger partial charge on any atom is -0.292 e. The van der Waals surface area contributed by atoms with E-state index in [1.165, 1.54) is 37.7 Å². The summed E-state index contributed by atoms with van der Waals surface area (Å²) in [7, 11) is 0. The highest BCUT2D eigenvalue weighted by atomic mass is 15.1. The van der Waals surface area contributed by atoms with E-state index in [1.807, 2.05) is 0 Å². The fourth-order valence-electron chi connectivity index (χ4n) is 6.54. The number of para-hydroxylation sites is 4. The summed E-state index contributed by atoms with van der Waals surface area (Å²) in [6.07, 6.45) is 0. The van der Waals surface area contributed by atoms with E-state index in [0.717, 1.165) is 44.5 Å². The third kappa shape index (κ3) is 3.20. The van der Waals surface area contributed by atoms with Crippen LogP contribution in [0.4, 0.5) is 0 Å². The van der Waals surface area contributed by atoms with Crippen molar-refractivity contribution in [1.82, 2.24) is 14.5 Å². The van der Waals surface area contributed by atoms with Gasteiger partial charge in [-0.05, 0) is 69.4 Å². The second-order valence-corrected chi connectivity index (χ2v) is 10.6. The van der Waals surface area contributed by atoms with Crippen LogP contribution in [0, 0.1) is 0 Å². The second kappa shape index (κ2) is 8.48. The summed E-state index contributed by atoms with van der Waals surface area (Å²) >= 11 is 0. The summed E-state index contributed by atoms with van der Waals surface area (Å²) in [6, 6.07) is 49.4. The van der Waals surface area contributed by atoms with Gasteiger partial charge in [-0.15, -0.1) is 0 Å². The Morgan fingerprint density at radius 1 is 0.439 bits per heavy atom. The number of pyridine rings is 1. The van der Waals surface area contributed by atoms with Crippen molar-refractivity contribution in [3.63, 3.8) is 0 Å². The van der Waals surface area contributed by atoms with Gasteiger partial charge in [-0.3, -0.25) is 4.57 Å². The molecule has 0 amide bonds. The van der Waals surface area contributed by atoms with Crippen molar-refractivity contribution in [1.29, 1.82) is 0 Å². The Labute approximate surface area is 235 Å². The Morgan fingerprint density at radius 3 is 1.95 bits per heavy atom. The van der Waals surface area contributed by atoms with Gasteiger partial charge in [0.2, 0.25) is 0 Å². The van der Waals surface area contributed by atoms with E-state index >= 15 is 0 Å². The van der Waals surface area contributed by atoms with E-state index in [2.05, 4.69) is 144 Å². The monoisotopic (exact) mass is 521 g/mol. The van der Waals surface area contributed by atoms with Crippen LogP contribution in [0.15, 0.2) is 140 Å². The topological polar surface area (TPSA) is 30.7 Å². The fraction of sp³-hybridized carbons (Fsp3) is 0. The standard InChI is InChI=1S/C38H23N3/c1-2-13-25(14-3-1)41-35-21-11-10-20-34(35)40-38(41)31-23-30-27-16-6-8-18-29(27)37-32(22-24-12-4-9-19-33(24)39-37)36(30)28-17-7-5-15-26(28)31/h1-23H. The summed E-state index contributed by atoms with van der Waals surface area (Å²) < 4.78 is 2.29. The molecular weight excluding hydrogens is 498 g/mol. The first kappa shape index (κ1) is 22.3. The van der Waals surface area contributed by atoms with E-state index in [4.69, 9.17) is 9.97 Å². The van der Waals surface area contributed by atoms with Crippen molar-refractivity contribution < 1.29 is 0 Å². The zero-order chi connectivity index (χ0) is 26.9. The van der Waals surface area contributed by atoms with Gasteiger partial charge in [-0.25, -0.2) is 9.97 Å². The number of hydrogen-bond donors (Lipinski definition) is 0. The van der Waals surface area contributed by atoms with Crippen LogP contribution in [0.25, 0.3) is 82.2 Å². The maximum atomic E-state index is 5.25. The fourth-order valence-corrected chi connectivity index (χ4v) is 6.54. The minimum absolute atomic E-state index is 0.941. The molecule has 0 aliphatic rings. The summed E-state index contributed by atoms with van der Waals surface area (Å²) in [6.45, 7) is 0. The van der Waals surface area contributed by atoms with E-state index in [9.17, 15) is 0 Å². The van der Waals surface area contributed by atoms with Crippen LogP contribution in [-0.2, 0) is 0 Å². The van der Waals surface area contributed by atoms with E-state index in [1.54, 1.807) is 0 Å². The maximum Gasteiger partial charge on any atom is 0.146 e. The Balaban J connectivity index is 1.51. The highest BCUT2D eigenvalue weighted by molar-refractivity contribution is 6.33. The molecule has 9 aromatic rings. The molecule has 0 atom stereocenters. The molecule has 2 heterocycles. The van der Waals surface area contributed by atoms with E-state index < -0.39 is 0 Å². The summed E-state index contributed by atoms with van der Waals surface area (Å²) in [4.78, 5) is 10.5. The second-order valence-electron chi connectivity index (χ2n) is 10.6. The quantitative estimate of drug-likeness (QED) is 0.167. The lowest BCUT2D eigenvalue weighted by molar-refractivity contribution is 1.11. The van der Waals surface area contributed by atoms with Crippen molar-refractivity contribution in [3.05, 3.63) is 140 Å². The van der Waals surface area contributed by atoms with E-state index in [0.29, 0.717) is 0 Å². The largest absolute Gasteiger partial charge is 0.292 e. The highest BCUT2D eigenvalue weighted by Crippen LogP contribution is 2.43. The molecule has 0 radical (unpaired) electrons. The van der Waals surface area contributed by atoms with Gasteiger partial charge >= 0.3 is 0 Å². The molecule has 41 heavy (non-hydrogen) atoms. The predicted molar refractivity (Wildman–Crippen MR) is 172 cm³/mol. The number of aromatic nitrogens is 3. The highest BCUT2D eigenvalue weighted by Gasteiger charge is 2.20. The first-order chi connectivity index (χ1) is 20.3. The number of benzene rings is 7. The summed E-state index contributed by atoms with van der Waals surface area (Å²) in [5, 5.41) is 9.53. The molecule has 0 N–H and O–H groups in total. The van der Waals surface area contributed by atoms with Crippen LogP contribution in [0.1, 0.15) is 0 Å². The Hall–Kier alpha value is -5.54. The molecule has 3 nitrogen and oxygen atoms in total. The number of hydrogen-bond acceptors (Lipinski definition) is 2. The third-order valence-electron chi connectivity index (χ3n) is 8.33. The maximum absolute atomic E-state index is 5.25. The molecule has 0 bridgehead atoms. The third-order valence-corrected chi connectivity index (χ3v) is 8.33. The average Bonchev–Trinajstić information content (AvgIpc) is 3.43. The summed E-state index contributed by atoms with van der Waals surface area (Å²) in [5.74, 6) is 0.941. The smallest absolute Gasteiger partial charge is 0.146 e. The van der Waals surface area contributed by atoms with Gasteiger partial charge in [0, 0.05) is 27.4 Å². The molecule has 2 aromatic heterocycles. The molecule has 0 saturated heterocycles. The molecule has 0 aliphatic heterocycles. The van der Waals surface area contributed by atoms with Crippen molar-refractivity contribution in [2.45, 2.75) is 0 Å². The molecule has 0 fully saturated rings. The van der Waals surface area contributed by atoms with Crippen LogP contribution in [-0.4, -0.2) is 14.5 Å². The number of fused-ring (bicyclic) bond motifs is 10. The first-order valence-electron chi connectivity index (χ1n) is 13.9. The van der Waals surface area contributed by atoms with Crippen LogP contribution in [0.3, 0.4) is 0 Å². The van der Waals surface area contributed by atoms with Gasteiger partial charge in [0.25, 0.3) is 0 Å². The lowest BCUT2D eigenvalue weighted by Gasteiger charge is -2.17. The first-order valence-corrected chi connectivity index (χ1v) is 13.9. The molecule has 9 rings (SSSR count). The number of nitrogens with zero attached hydrogens (tertiary/aromatic N) is 3. The van der Waals surface area contributed by atoms with Crippen LogP contribution >= 0.6 is 0 Å². The average molecular weight is 522 g/mol. The van der Waals surface area contributed by atoms with Gasteiger partial charge < -0.3 is 0 Å². The van der Waals surface area contributed by atoms with Gasteiger partial charge in [0.15, 0.2) is 0 Å². The Bertz CT molecular complexity index is 2470. The van der Waals surface area contributed by atoms with Gasteiger partial charge in [0.1, 0.15) is 5.82 Å². The minimum atomic E-state index is 0.941. The predicted octanol–water partition coefficient (Wildman–Crippen LogP) is 9.85. The molecule has 0 unspecified atom stereocenters. The molecule has 7 aromatic carbocycles. The lowest BCUT2D eigenvalue weighted by atomic mass is 9.90. The normalized spacial score (nSPS) is 11.9. The van der Waals surface area contributed by atoms with Gasteiger partial charge in [0.05, 0.1) is 22.1 Å². The zero-order valence-corrected chi connectivity index (χ0v) is 22.1. The molecule has 0 aliphatic carbocycles. The number of imidazole rings is 1. The molecule has 0 saturated carbocycles. The van der Waals surface area contributed by atoms with Gasteiger partial charge in [-0.1, -0.05) is 97.1 Å². The van der Waals surface area contributed by atoms with Crippen LogP contribution in [0.2, 0.25) is 0 Å². The Kier molecular flexibility index (Phi) is 4.61. The lowest BCUT2D eigenvalue weighted by Crippen LogP contribution is -1.98. The summed E-state index contributed by atoms with van der Waals surface area (Å²) in [5.41, 5.74) is 6.35.